The van der Waals surface area contributed by atoms with Crippen LogP contribution in [0.2, 0.25) is 5.02 Å². The fraction of sp³-hybridized carbons (Fsp3) is 0.118. The molecule has 2 aromatic carbocycles. The van der Waals surface area contributed by atoms with Crippen molar-refractivity contribution in [3.8, 4) is 0 Å². The first-order valence-corrected chi connectivity index (χ1v) is 7.39. The van der Waals surface area contributed by atoms with Gasteiger partial charge in [0.1, 0.15) is 12.7 Å². The number of ketones is 1. The lowest BCUT2D eigenvalue weighted by atomic mass is 9.85. The second-order valence-electron chi connectivity index (χ2n) is 5.13. The predicted octanol–water partition coefficient (Wildman–Crippen LogP) is 2.70. The van der Waals surface area contributed by atoms with Gasteiger partial charge in [-0.25, -0.2) is 9.67 Å². The van der Waals surface area contributed by atoms with E-state index in [0.717, 1.165) is 0 Å². The molecule has 1 unspecified atom stereocenters. The number of hydrogen-bond donors (Lipinski definition) is 1. The zero-order valence-corrected chi connectivity index (χ0v) is 12.9. The Kier molecular flexibility index (Phi) is 4.23. The minimum absolute atomic E-state index is 0.0545. The maximum atomic E-state index is 13.0. The van der Waals surface area contributed by atoms with Crippen molar-refractivity contribution in [2.75, 3.05) is 0 Å². The largest absolute Gasteiger partial charge is 0.375 e. The molecule has 5 nitrogen and oxygen atoms in total. The van der Waals surface area contributed by atoms with Crippen LogP contribution in [-0.2, 0) is 12.1 Å². The van der Waals surface area contributed by atoms with Gasteiger partial charge in [-0.05, 0) is 17.7 Å². The Balaban J connectivity index is 2.08. The maximum absolute atomic E-state index is 13.0. The lowest BCUT2D eigenvalue weighted by Crippen LogP contribution is -2.40. The van der Waals surface area contributed by atoms with Gasteiger partial charge in [-0.3, -0.25) is 4.79 Å². The second kappa shape index (κ2) is 6.32. The van der Waals surface area contributed by atoms with E-state index in [4.69, 9.17) is 11.6 Å². The maximum Gasteiger partial charge on any atom is 0.202 e. The van der Waals surface area contributed by atoms with Crippen LogP contribution < -0.4 is 0 Å². The van der Waals surface area contributed by atoms with E-state index in [1.807, 2.05) is 6.07 Å². The fourth-order valence-corrected chi connectivity index (χ4v) is 2.65. The SMILES string of the molecule is O=C(c1ccccc1Cl)C(O)(Cn1cncn1)c1ccccc1. The average molecular weight is 328 g/mol. The van der Waals surface area contributed by atoms with Crippen LogP contribution >= 0.6 is 11.6 Å². The molecule has 3 rings (SSSR count). The lowest BCUT2D eigenvalue weighted by Gasteiger charge is -2.27. The number of rotatable bonds is 5. The van der Waals surface area contributed by atoms with Crippen LogP contribution in [0, 0.1) is 0 Å². The van der Waals surface area contributed by atoms with Crippen LogP contribution in [0.25, 0.3) is 0 Å². The molecule has 0 spiro atoms. The highest BCUT2D eigenvalue weighted by atomic mass is 35.5. The number of aromatic nitrogens is 3. The molecule has 3 aromatic rings. The highest BCUT2D eigenvalue weighted by Gasteiger charge is 2.40. The van der Waals surface area contributed by atoms with Crippen LogP contribution in [0.3, 0.4) is 0 Å². The van der Waals surface area contributed by atoms with Crippen molar-refractivity contribution < 1.29 is 9.90 Å². The van der Waals surface area contributed by atoms with Crippen molar-refractivity contribution in [2.24, 2.45) is 0 Å². The summed E-state index contributed by atoms with van der Waals surface area (Å²) >= 11 is 6.13. The molecule has 0 aliphatic carbocycles. The van der Waals surface area contributed by atoms with Gasteiger partial charge >= 0.3 is 0 Å². The van der Waals surface area contributed by atoms with Gasteiger partial charge in [0.25, 0.3) is 0 Å². The standard InChI is InChI=1S/C17H14ClN3O2/c18-15-9-5-4-8-14(15)16(22)17(23,10-21-12-19-11-20-21)13-6-2-1-3-7-13/h1-9,11-12,23H,10H2. The van der Waals surface area contributed by atoms with Gasteiger partial charge in [-0.15, -0.1) is 0 Å². The molecule has 0 aliphatic rings. The Hall–Kier alpha value is -2.50. The third-order valence-electron chi connectivity index (χ3n) is 3.60. The molecule has 0 bridgehead atoms. The zero-order valence-electron chi connectivity index (χ0n) is 12.1. The molecule has 1 N–H and O–H groups in total. The molecule has 6 heteroatoms. The number of halogens is 1. The van der Waals surface area contributed by atoms with Crippen molar-refractivity contribution in [3.63, 3.8) is 0 Å². The first-order valence-electron chi connectivity index (χ1n) is 7.01. The van der Waals surface area contributed by atoms with E-state index >= 15 is 0 Å². The van der Waals surface area contributed by atoms with E-state index in [9.17, 15) is 9.90 Å². The van der Waals surface area contributed by atoms with Gasteiger partial charge in [0, 0.05) is 5.56 Å². The fourth-order valence-electron chi connectivity index (χ4n) is 2.43. The van der Waals surface area contributed by atoms with E-state index in [1.165, 1.54) is 17.3 Å². The smallest absolute Gasteiger partial charge is 0.202 e. The summed E-state index contributed by atoms with van der Waals surface area (Å²) < 4.78 is 1.42. The topological polar surface area (TPSA) is 68.0 Å². The third-order valence-corrected chi connectivity index (χ3v) is 3.93. The zero-order chi connectivity index (χ0) is 16.3. The molecule has 1 atom stereocenters. The second-order valence-corrected chi connectivity index (χ2v) is 5.54. The number of Topliss-reactive ketones (excluding diaryl/α,β-unsaturated/α-hetero) is 1. The molecule has 0 aliphatic heterocycles. The monoisotopic (exact) mass is 327 g/mol. The minimum Gasteiger partial charge on any atom is -0.375 e. The highest BCUT2D eigenvalue weighted by Crippen LogP contribution is 2.30. The van der Waals surface area contributed by atoms with Crippen LogP contribution in [0.5, 0.6) is 0 Å². The molecule has 0 fully saturated rings. The Morgan fingerprint density at radius 3 is 2.48 bits per heavy atom. The lowest BCUT2D eigenvalue weighted by molar-refractivity contribution is 0.0182. The van der Waals surface area contributed by atoms with Crippen molar-refractivity contribution in [1.82, 2.24) is 14.8 Å². The Bertz CT molecular complexity index is 806. The van der Waals surface area contributed by atoms with Gasteiger partial charge in [0.15, 0.2) is 5.60 Å². The minimum atomic E-state index is -1.79. The van der Waals surface area contributed by atoms with Crippen LogP contribution in [0.15, 0.2) is 67.3 Å². The molecule has 1 heterocycles. The average Bonchev–Trinajstić information content (AvgIpc) is 3.08. The summed E-state index contributed by atoms with van der Waals surface area (Å²) in [4.78, 5) is 16.9. The summed E-state index contributed by atoms with van der Waals surface area (Å²) in [6, 6.07) is 15.4. The summed E-state index contributed by atoms with van der Waals surface area (Å²) in [5.74, 6) is -0.482. The van der Waals surface area contributed by atoms with Crippen LogP contribution in [0.4, 0.5) is 0 Å². The predicted molar refractivity (Wildman–Crippen MR) is 86.1 cm³/mol. The quantitative estimate of drug-likeness (QED) is 0.732. The van der Waals surface area contributed by atoms with E-state index in [1.54, 1.807) is 48.5 Å². The number of carbonyl (C=O) groups is 1. The van der Waals surface area contributed by atoms with Crippen molar-refractivity contribution in [2.45, 2.75) is 12.1 Å². The number of aliphatic hydroxyl groups is 1. The van der Waals surface area contributed by atoms with Crippen molar-refractivity contribution in [3.05, 3.63) is 83.4 Å². The molecule has 0 saturated carbocycles. The summed E-state index contributed by atoms with van der Waals surface area (Å²) in [5.41, 5.74) is -1.05. The number of nitrogens with zero attached hydrogens (tertiary/aromatic N) is 3. The summed E-state index contributed by atoms with van der Waals surface area (Å²) in [7, 11) is 0. The van der Waals surface area contributed by atoms with E-state index < -0.39 is 11.4 Å². The molecule has 23 heavy (non-hydrogen) atoms. The van der Waals surface area contributed by atoms with Crippen molar-refractivity contribution in [1.29, 1.82) is 0 Å². The molecule has 1 aromatic heterocycles. The summed E-state index contributed by atoms with van der Waals surface area (Å²) in [5, 5.41) is 15.5. The summed E-state index contributed by atoms with van der Waals surface area (Å²) in [6.45, 7) is -0.0545. The number of benzene rings is 2. The molecule has 116 valence electrons. The Morgan fingerprint density at radius 1 is 1.13 bits per heavy atom. The van der Waals surface area contributed by atoms with Gasteiger partial charge in [-0.1, -0.05) is 54.1 Å². The number of carbonyl (C=O) groups excluding carboxylic acids is 1. The number of hydrogen-bond acceptors (Lipinski definition) is 4. The Morgan fingerprint density at radius 2 is 1.83 bits per heavy atom. The summed E-state index contributed by atoms with van der Waals surface area (Å²) in [6.07, 6.45) is 2.80. The molecule has 0 amide bonds. The molecular formula is C17H14ClN3O2. The normalized spacial score (nSPS) is 13.5. The van der Waals surface area contributed by atoms with Gasteiger partial charge < -0.3 is 5.11 Å². The van der Waals surface area contributed by atoms with Gasteiger partial charge in [0.05, 0.1) is 11.6 Å². The first kappa shape index (κ1) is 15.4. The van der Waals surface area contributed by atoms with E-state index in [0.29, 0.717) is 10.6 Å². The third kappa shape index (κ3) is 3.02. The Labute approximate surface area is 138 Å². The van der Waals surface area contributed by atoms with E-state index in [-0.39, 0.29) is 12.1 Å². The highest BCUT2D eigenvalue weighted by molar-refractivity contribution is 6.34. The molecular weight excluding hydrogens is 314 g/mol. The van der Waals surface area contributed by atoms with Crippen LogP contribution in [0.1, 0.15) is 15.9 Å². The van der Waals surface area contributed by atoms with Gasteiger partial charge in [-0.2, -0.15) is 5.10 Å². The van der Waals surface area contributed by atoms with Gasteiger partial charge in [0.2, 0.25) is 5.78 Å². The van der Waals surface area contributed by atoms with Crippen LogP contribution in [-0.4, -0.2) is 25.7 Å². The van der Waals surface area contributed by atoms with E-state index in [2.05, 4.69) is 10.1 Å². The molecule has 0 radical (unpaired) electrons. The first-order chi connectivity index (χ1) is 11.1. The van der Waals surface area contributed by atoms with Crippen molar-refractivity contribution >= 4 is 17.4 Å². The molecule has 0 saturated heterocycles.